The Morgan fingerprint density at radius 3 is 2.44 bits per heavy atom. The summed E-state index contributed by atoms with van der Waals surface area (Å²) in [5, 5.41) is 6.50. The Hall–Kier alpha value is -1.98. The van der Waals surface area contributed by atoms with Crippen molar-refractivity contribution >= 4 is 54.8 Å². The quantitative estimate of drug-likeness (QED) is 0.348. The number of halogens is 2. The van der Waals surface area contributed by atoms with Crippen molar-refractivity contribution < 1.29 is 4.79 Å². The van der Waals surface area contributed by atoms with E-state index in [4.69, 9.17) is 0 Å². The van der Waals surface area contributed by atoms with E-state index in [1.54, 1.807) is 6.21 Å². The number of fused-ring (bicyclic) bond motifs is 1. The minimum Gasteiger partial charge on any atom is -0.273 e. The average molecular weight is 488 g/mol. The summed E-state index contributed by atoms with van der Waals surface area (Å²) in [5.41, 5.74) is 5.82. The van der Waals surface area contributed by atoms with Crippen LogP contribution in [0.4, 0.5) is 0 Å². The predicted molar refractivity (Wildman–Crippen MR) is 119 cm³/mol. The SMILES string of the molecule is Cc1c(Br)cc(/C=N\NC(=O)C(C)Cc2ccc3ccccc3c2)cc1Br. The molecule has 5 heteroatoms. The Labute approximate surface area is 176 Å². The molecular weight excluding hydrogens is 468 g/mol. The van der Waals surface area contributed by atoms with Crippen LogP contribution in [-0.2, 0) is 11.2 Å². The van der Waals surface area contributed by atoms with Crippen molar-refractivity contribution in [3.63, 3.8) is 0 Å². The topological polar surface area (TPSA) is 41.5 Å². The minimum atomic E-state index is -0.167. The lowest BCUT2D eigenvalue weighted by atomic mass is 9.98. The van der Waals surface area contributed by atoms with Crippen molar-refractivity contribution in [1.29, 1.82) is 0 Å². The Balaban J connectivity index is 1.61. The molecule has 0 radical (unpaired) electrons. The van der Waals surface area contributed by atoms with Crippen molar-refractivity contribution in [2.75, 3.05) is 0 Å². The van der Waals surface area contributed by atoms with Crippen LogP contribution in [0, 0.1) is 12.8 Å². The molecule has 1 amide bonds. The maximum absolute atomic E-state index is 12.3. The number of amides is 1. The van der Waals surface area contributed by atoms with E-state index < -0.39 is 0 Å². The Bertz CT molecular complexity index is 991. The van der Waals surface area contributed by atoms with E-state index in [1.807, 2.05) is 38.1 Å². The van der Waals surface area contributed by atoms with Crippen LogP contribution in [0.2, 0.25) is 0 Å². The van der Waals surface area contributed by atoms with E-state index in [9.17, 15) is 4.79 Å². The van der Waals surface area contributed by atoms with Gasteiger partial charge in [0.05, 0.1) is 6.21 Å². The lowest BCUT2D eigenvalue weighted by Gasteiger charge is -2.10. The Morgan fingerprint density at radius 1 is 1.07 bits per heavy atom. The van der Waals surface area contributed by atoms with Gasteiger partial charge in [0.2, 0.25) is 5.91 Å². The van der Waals surface area contributed by atoms with Crippen LogP contribution in [0.25, 0.3) is 10.8 Å². The summed E-state index contributed by atoms with van der Waals surface area (Å²) in [6, 6.07) is 18.5. The van der Waals surface area contributed by atoms with Gasteiger partial charge in [0.1, 0.15) is 0 Å². The van der Waals surface area contributed by atoms with Gasteiger partial charge >= 0.3 is 0 Å². The van der Waals surface area contributed by atoms with Gasteiger partial charge in [0, 0.05) is 14.9 Å². The molecule has 0 aromatic heterocycles. The molecule has 3 aromatic carbocycles. The third-order valence-electron chi connectivity index (χ3n) is 4.49. The second-order valence-corrected chi connectivity index (χ2v) is 8.34. The summed E-state index contributed by atoms with van der Waals surface area (Å²) >= 11 is 7.03. The Morgan fingerprint density at radius 2 is 1.74 bits per heavy atom. The molecule has 1 unspecified atom stereocenters. The molecule has 3 nitrogen and oxygen atoms in total. The molecule has 3 aromatic rings. The molecule has 0 spiro atoms. The van der Waals surface area contributed by atoms with Crippen LogP contribution < -0.4 is 5.43 Å². The fourth-order valence-corrected chi connectivity index (χ4v) is 4.05. The number of hydrogen-bond donors (Lipinski definition) is 1. The first-order valence-corrected chi connectivity index (χ1v) is 10.3. The number of hydrogen-bond acceptors (Lipinski definition) is 2. The number of carbonyl (C=O) groups excluding carboxylic acids is 1. The van der Waals surface area contributed by atoms with E-state index in [-0.39, 0.29) is 11.8 Å². The maximum atomic E-state index is 12.3. The molecule has 138 valence electrons. The van der Waals surface area contributed by atoms with Crippen LogP contribution in [-0.4, -0.2) is 12.1 Å². The number of benzene rings is 3. The summed E-state index contributed by atoms with van der Waals surface area (Å²) in [6.07, 6.45) is 2.32. The third-order valence-corrected chi connectivity index (χ3v) is 6.14. The standard InChI is InChI=1S/C22H20Br2N2O/c1-14(9-16-7-8-18-5-3-4-6-19(18)10-16)22(27)26-25-13-17-11-20(23)15(2)21(24)12-17/h3-8,10-14H,9H2,1-2H3,(H,26,27)/b25-13-. The van der Waals surface area contributed by atoms with Crippen molar-refractivity contribution in [1.82, 2.24) is 5.43 Å². The second kappa shape index (κ2) is 8.81. The number of nitrogens with one attached hydrogen (secondary N) is 1. The van der Waals surface area contributed by atoms with E-state index in [0.717, 1.165) is 25.6 Å². The van der Waals surface area contributed by atoms with E-state index in [0.29, 0.717) is 6.42 Å². The fraction of sp³-hybridized carbons (Fsp3) is 0.182. The highest BCUT2D eigenvalue weighted by Gasteiger charge is 2.13. The summed E-state index contributed by atoms with van der Waals surface area (Å²) in [4.78, 5) is 12.3. The molecule has 0 aliphatic carbocycles. The average Bonchev–Trinajstić information content (AvgIpc) is 2.65. The number of hydrazone groups is 1. The monoisotopic (exact) mass is 486 g/mol. The molecule has 27 heavy (non-hydrogen) atoms. The molecule has 0 aliphatic heterocycles. The molecule has 3 rings (SSSR count). The van der Waals surface area contributed by atoms with Crippen LogP contribution in [0.3, 0.4) is 0 Å². The van der Waals surface area contributed by atoms with Crippen molar-refractivity contribution in [3.05, 3.63) is 80.2 Å². The molecule has 0 heterocycles. The summed E-state index contributed by atoms with van der Waals surface area (Å²) in [7, 11) is 0. The van der Waals surface area contributed by atoms with E-state index in [2.05, 4.69) is 72.7 Å². The lowest BCUT2D eigenvalue weighted by Crippen LogP contribution is -2.26. The zero-order valence-corrected chi connectivity index (χ0v) is 18.3. The van der Waals surface area contributed by atoms with Gasteiger partial charge in [-0.25, -0.2) is 5.43 Å². The fourth-order valence-electron chi connectivity index (χ4n) is 2.83. The van der Waals surface area contributed by atoms with Crippen molar-refractivity contribution in [2.24, 2.45) is 11.0 Å². The van der Waals surface area contributed by atoms with E-state index >= 15 is 0 Å². The molecular formula is C22H20Br2N2O. The van der Waals surface area contributed by atoms with Gasteiger partial charge in [0.15, 0.2) is 0 Å². The first-order valence-electron chi connectivity index (χ1n) is 8.70. The molecule has 0 fully saturated rings. The first-order chi connectivity index (χ1) is 12.9. The van der Waals surface area contributed by atoms with Crippen LogP contribution in [0.5, 0.6) is 0 Å². The first kappa shape index (κ1) is 19.8. The highest BCUT2D eigenvalue weighted by molar-refractivity contribution is 9.11. The molecule has 1 N–H and O–H groups in total. The van der Waals surface area contributed by atoms with Gasteiger partial charge < -0.3 is 0 Å². The maximum Gasteiger partial charge on any atom is 0.243 e. The van der Waals surface area contributed by atoms with Gasteiger partial charge in [-0.2, -0.15) is 5.10 Å². The zero-order chi connectivity index (χ0) is 19.4. The predicted octanol–water partition coefficient (Wildman–Crippen LogP) is 6.00. The molecule has 0 bridgehead atoms. The van der Waals surface area contributed by atoms with Crippen molar-refractivity contribution in [2.45, 2.75) is 20.3 Å². The van der Waals surface area contributed by atoms with Crippen LogP contribution >= 0.6 is 31.9 Å². The number of nitrogens with zero attached hydrogens (tertiary/aromatic N) is 1. The summed E-state index contributed by atoms with van der Waals surface area (Å²) in [5.74, 6) is -0.260. The van der Waals surface area contributed by atoms with Crippen LogP contribution in [0.1, 0.15) is 23.6 Å². The third kappa shape index (κ3) is 5.05. The van der Waals surface area contributed by atoms with Crippen LogP contribution in [0.15, 0.2) is 68.6 Å². The zero-order valence-electron chi connectivity index (χ0n) is 15.2. The molecule has 0 saturated heterocycles. The largest absolute Gasteiger partial charge is 0.273 e. The second-order valence-electron chi connectivity index (χ2n) is 6.63. The smallest absolute Gasteiger partial charge is 0.243 e. The highest BCUT2D eigenvalue weighted by atomic mass is 79.9. The van der Waals surface area contributed by atoms with Gasteiger partial charge in [-0.1, -0.05) is 81.2 Å². The molecule has 0 saturated carbocycles. The van der Waals surface area contributed by atoms with Crippen molar-refractivity contribution in [3.8, 4) is 0 Å². The number of carbonyl (C=O) groups is 1. The summed E-state index contributed by atoms with van der Waals surface area (Å²) in [6.45, 7) is 3.93. The molecule has 1 atom stereocenters. The Kier molecular flexibility index (Phi) is 6.45. The van der Waals surface area contributed by atoms with Gasteiger partial charge in [-0.3, -0.25) is 4.79 Å². The van der Waals surface area contributed by atoms with E-state index in [1.165, 1.54) is 10.8 Å². The van der Waals surface area contributed by atoms with Gasteiger partial charge in [0.25, 0.3) is 0 Å². The van der Waals surface area contributed by atoms with Gasteiger partial charge in [-0.15, -0.1) is 0 Å². The molecule has 0 aliphatic rings. The van der Waals surface area contributed by atoms with Gasteiger partial charge in [-0.05, 0) is 52.9 Å². The minimum absolute atomic E-state index is 0.0929. The number of rotatable bonds is 5. The lowest BCUT2D eigenvalue weighted by molar-refractivity contribution is -0.124. The highest BCUT2D eigenvalue weighted by Crippen LogP contribution is 2.25. The summed E-state index contributed by atoms with van der Waals surface area (Å²) < 4.78 is 1.99. The normalized spacial score (nSPS) is 12.4.